The van der Waals surface area contributed by atoms with Crippen LogP contribution in [-0.4, -0.2) is 31.0 Å². The van der Waals surface area contributed by atoms with Crippen LogP contribution in [0.25, 0.3) is 0 Å². The SMILES string of the molecule is Cc1ccc(NC(=O)Nc2ncc(CS(=O)(=O)c3ccccn3)s2)c(OCC(C)C)c1. The normalized spacial score (nSPS) is 11.4. The molecule has 0 aliphatic heterocycles. The smallest absolute Gasteiger partial charge is 0.325 e. The molecule has 164 valence electrons. The maximum atomic E-state index is 12.5. The van der Waals surface area contributed by atoms with Crippen molar-refractivity contribution in [2.24, 2.45) is 5.92 Å². The minimum absolute atomic E-state index is 0.00366. The van der Waals surface area contributed by atoms with Crippen LogP contribution in [0.4, 0.5) is 15.6 Å². The molecule has 3 aromatic rings. The average molecular weight is 461 g/mol. The molecule has 1 aromatic carbocycles. The van der Waals surface area contributed by atoms with Crippen molar-refractivity contribution in [3.63, 3.8) is 0 Å². The van der Waals surface area contributed by atoms with Crippen LogP contribution in [-0.2, 0) is 15.6 Å². The molecule has 31 heavy (non-hydrogen) atoms. The van der Waals surface area contributed by atoms with Crippen LogP contribution in [0.15, 0.2) is 53.8 Å². The minimum atomic E-state index is -3.59. The van der Waals surface area contributed by atoms with Crippen LogP contribution in [0.3, 0.4) is 0 Å². The van der Waals surface area contributed by atoms with Gasteiger partial charge in [-0.3, -0.25) is 5.32 Å². The average Bonchev–Trinajstić information content (AvgIpc) is 3.14. The summed E-state index contributed by atoms with van der Waals surface area (Å²) in [6.07, 6.45) is 2.87. The van der Waals surface area contributed by atoms with Gasteiger partial charge in [0.1, 0.15) is 5.75 Å². The quantitative estimate of drug-likeness (QED) is 0.512. The zero-order valence-corrected chi connectivity index (χ0v) is 19.1. The van der Waals surface area contributed by atoms with E-state index in [1.165, 1.54) is 18.5 Å². The Bertz CT molecular complexity index is 1150. The summed E-state index contributed by atoms with van der Waals surface area (Å²) in [5, 5.41) is 5.69. The highest BCUT2D eigenvalue weighted by atomic mass is 32.2. The van der Waals surface area contributed by atoms with Gasteiger partial charge in [-0.25, -0.2) is 23.2 Å². The van der Waals surface area contributed by atoms with Crippen molar-refractivity contribution in [2.45, 2.75) is 31.6 Å². The summed E-state index contributed by atoms with van der Waals surface area (Å²) >= 11 is 1.09. The van der Waals surface area contributed by atoms with Gasteiger partial charge in [0.25, 0.3) is 0 Å². The number of benzene rings is 1. The molecule has 10 heteroatoms. The van der Waals surface area contributed by atoms with Gasteiger partial charge in [-0.1, -0.05) is 26.0 Å². The highest BCUT2D eigenvalue weighted by molar-refractivity contribution is 7.90. The highest BCUT2D eigenvalue weighted by Gasteiger charge is 2.19. The molecule has 0 bridgehead atoms. The van der Waals surface area contributed by atoms with E-state index in [9.17, 15) is 13.2 Å². The Hall–Kier alpha value is -2.98. The second-order valence-electron chi connectivity index (χ2n) is 7.34. The Morgan fingerprint density at radius 1 is 1.16 bits per heavy atom. The van der Waals surface area contributed by atoms with Crippen LogP contribution in [0.2, 0.25) is 0 Å². The second kappa shape index (κ2) is 9.88. The van der Waals surface area contributed by atoms with Crippen molar-refractivity contribution in [1.82, 2.24) is 9.97 Å². The number of thiazole rings is 1. The van der Waals surface area contributed by atoms with Gasteiger partial charge in [0.2, 0.25) is 9.84 Å². The van der Waals surface area contributed by atoms with Gasteiger partial charge in [-0.15, -0.1) is 11.3 Å². The topological polar surface area (TPSA) is 110 Å². The highest BCUT2D eigenvalue weighted by Crippen LogP contribution is 2.27. The summed E-state index contributed by atoms with van der Waals surface area (Å²) in [6, 6.07) is 9.74. The number of nitrogens with one attached hydrogen (secondary N) is 2. The first-order valence-electron chi connectivity index (χ1n) is 9.63. The number of anilines is 2. The number of aryl methyl sites for hydroxylation is 1. The van der Waals surface area contributed by atoms with Crippen LogP contribution in [0.5, 0.6) is 5.75 Å². The van der Waals surface area contributed by atoms with E-state index in [1.54, 1.807) is 18.2 Å². The Morgan fingerprint density at radius 3 is 2.68 bits per heavy atom. The molecule has 8 nitrogen and oxygen atoms in total. The third-order valence-electron chi connectivity index (χ3n) is 4.02. The Labute approximate surface area is 185 Å². The summed E-state index contributed by atoms with van der Waals surface area (Å²) in [7, 11) is -3.59. The number of aromatic nitrogens is 2. The van der Waals surface area contributed by atoms with Crippen molar-refractivity contribution in [3.8, 4) is 5.75 Å². The number of rotatable bonds is 8. The molecule has 2 heterocycles. The summed E-state index contributed by atoms with van der Waals surface area (Å²) < 4.78 is 30.7. The fourth-order valence-corrected chi connectivity index (χ4v) is 4.99. The lowest BCUT2D eigenvalue weighted by atomic mass is 10.2. The first-order chi connectivity index (χ1) is 14.7. The molecule has 3 rings (SSSR count). The van der Waals surface area contributed by atoms with Crippen molar-refractivity contribution in [2.75, 3.05) is 17.2 Å². The van der Waals surface area contributed by atoms with Gasteiger partial charge in [-0.05, 0) is 42.7 Å². The fraction of sp³-hybridized carbons (Fsp3) is 0.286. The lowest BCUT2D eigenvalue weighted by Crippen LogP contribution is -2.20. The molecule has 0 saturated carbocycles. The first kappa shape index (κ1) is 22.7. The van der Waals surface area contributed by atoms with Crippen molar-refractivity contribution >= 4 is 38.0 Å². The lowest BCUT2D eigenvalue weighted by Gasteiger charge is -2.14. The number of pyridine rings is 1. The Morgan fingerprint density at radius 2 is 1.97 bits per heavy atom. The number of sulfone groups is 1. The summed E-state index contributed by atoms with van der Waals surface area (Å²) in [5.74, 6) is 0.694. The van der Waals surface area contributed by atoms with Crippen molar-refractivity contribution in [3.05, 3.63) is 59.2 Å². The van der Waals surface area contributed by atoms with Crippen LogP contribution in [0, 0.1) is 12.8 Å². The number of nitrogens with zero attached hydrogens (tertiary/aromatic N) is 2. The summed E-state index contributed by atoms with van der Waals surface area (Å²) in [5.41, 5.74) is 1.56. The zero-order valence-electron chi connectivity index (χ0n) is 17.5. The lowest BCUT2D eigenvalue weighted by molar-refractivity contribution is 0.260. The van der Waals surface area contributed by atoms with Gasteiger partial charge < -0.3 is 10.1 Å². The van der Waals surface area contributed by atoms with E-state index in [-0.39, 0.29) is 10.8 Å². The number of carbonyl (C=O) groups excluding carboxylic acids is 1. The molecular formula is C21H24N4O4S2. The monoisotopic (exact) mass is 460 g/mol. The molecule has 0 unspecified atom stereocenters. The van der Waals surface area contributed by atoms with Gasteiger partial charge in [0, 0.05) is 17.3 Å². The molecule has 0 aliphatic rings. The third kappa shape index (κ3) is 6.50. The summed E-state index contributed by atoms with van der Waals surface area (Å²) in [6.45, 7) is 6.57. The molecule has 2 aromatic heterocycles. The van der Waals surface area contributed by atoms with E-state index in [2.05, 4.69) is 20.6 Å². The van der Waals surface area contributed by atoms with Crippen LogP contribution < -0.4 is 15.4 Å². The van der Waals surface area contributed by atoms with Gasteiger partial charge in [-0.2, -0.15) is 0 Å². The standard InChI is InChI=1S/C21H24N4O4S2/c1-14(2)12-29-18-10-15(3)7-8-17(18)24-20(26)25-21-23-11-16(30-21)13-31(27,28)19-6-4-5-9-22-19/h4-11,14H,12-13H2,1-3H3,(H2,23,24,25,26). The fourth-order valence-electron chi connectivity index (χ4n) is 2.58. The molecule has 0 spiro atoms. The van der Waals surface area contributed by atoms with E-state index < -0.39 is 15.9 Å². The number of hydrogen-bond donors (Lipinski definition) is 2. The van der Waals surface area contributed by atoms with Gasteiger partial charge in [0.05, 0.1) is 18.0 Å². The van der Waals surface area contributed by atoms with E-state index in [1.807, 2.05) is 32.9 Å². The molecule has 0 aliphatic carbocycles. The molecule has 2 amide bonds. The van der Waals surface area contributed by atoms with Gasteiger partial charge >= 0.3 is 6.03 Å². The second-order valence-corrected chi connectivity index (χ2v) is 10.4. The molecule has 2 N–H and O–H groups in total. The zero-order chi connectivity index (χ0) is 22.4. The number of urea groups is 1. The number of carbonyl (C=O) groups is 1. The van der Waals surface area contributed by atoms with Crippen LogP contribution >= 0.6 is 11.3 Å². The van der Waals surface area contributed by atoms with E-state index in [0.29, 0.717) is 34.0 Å². The molecular weight excluding hydrogens is 436 g/mol. The molecule has 0 atom stereocenters. The number of amides is 2. The summed E-state index contributed by atoms with van der Waals surface area (Å²) in [4.78, 5) is 20.9. The third-order valence-corrected chi connectivity index (χ3v) is 6.69. The van der Waals surface area contributed by atoms with Gasteiger partial charge in [0.15, 0.2) is 10.2 Å². The first-order valence-corrected chi connectivity index (χ1v) is 12.1. The van der Waals surface area contributed by atoms with Crippen molar-refractivity contribution < 1.29 is 17.9 Å². The molecule has 0 fully saturated rings. The molecule has 0 radical (unpaired) electrons. The number of hydrogen-bond acceptors (Lipinski definition) is 7. The predicted molar refractivity (Wildman–Crippen MR) is 121 cm³/mol. The van der Waals surface area contributed by atoms with Crippen molar-refractivity contribution in [1.29, 1.82) is 0 Å². The Kier molecular flexibility index (Phi) is 7.24. The van der Waals surface area contributed by atoms with E-state index >= 15 is 0 Å². The molecule has 0 saturated heterocycles. The predicted octanol–water partition coefficient (Wildman–Crippen LogP) is 4.50. The number of ether oxygens (including phenoxy) is 1. The maximum Gasteiger partial charge on any atom is 0.325 e. The largest absolute Gasteiger partial charge is 0.491 e. The van der Waals surface area contributed by atoms with E-state index in [4.69, 9.17) is 4.74 Å². The minimum Gasteiger partial charge on any atom is -0.491 e. The van der Waals surface area contributed by atoms with E-state index in [0.717, 1.165) is 16.9 Å². The van der Waals surface area contributed by atoms with Crippen LogP contribution in [0.1, 0.15) is 24.3 Å². The maximum absolute atomic E-state index is 12.5. The Balaban J connectivity index is 1.64.